The monoisotopic (exact) mass is 356 g/mol. The van der Waals surface area contributed by atoms with E-state index in [0.717, 1.165) is 0 Å². The van der Waals surface area contributed by atoms with E-state index in [2.05, 4.69) is 15.3 Å². The highest BCUT2D eigenvalue weighted by molar-refractivity contribution is 5.97. The molecule has 10 heteroatoms. The van der Waals surface area contributed by atoms with Crippen molar-refractivity contribution in [3.05, 3.63) is 41.8 Å². The molecule has 0 saturated heterocycles. The molecule has 0 bridgehead atoms. The van der Waals surface area contributed by atoms with Gasteiger partial charge in [0.2, 0.25) is 0 Å². The van der Waals surface area contributed by atoms with Crippen molar-refractivity contribution in [2.75, 3.05) is 0 Å². The van der Waals surface area contributed by atoms with Gasteiger partial charge in [0.05, 0.1) is 5.69 Å². The Balaban J connectivity index is 1.92. The molecule has 0 spiro atoms. The number of nitrogens with zero attached hydrogens (tertiary/aromatic N) is 3. The first kappa shape index (κ1) is 17.1. The third-order valence-corrected chi connectivity index (χ3v) is 3.72. The number of aromatic nitrogens is 2. The molecule has 1 aromatic carbocycles. The van der Waals surface area contributed by atoms with E-state index in [1.807, 2.05) is 0 Å². The number of hydrogen-bond acceptors (Lipinski definition) is 4. The molecule has 1 aliphatic heterocycles. The van der Waals surface area contributed by atoms with Gasteiger partial charge in [-0.15, -0.1) is 0 Å². The summed E-state index contributed by atoms with van der Waals surface area (Å²) in [6, 6.07) is 6.38. The van der Waals surface area contributed by atoms with Crippen molar-refractivity contribution in [2.24, 2.45) is 5.10 Å². The second-order valence-electron chi connectivity index (χ2n) is 5.62. The zero-order valence-corrected chi connectivity index (χ0v) is 12.8. The Morgan fingerprint density at radius 2 is 1.96 bits per heavy atom. The van der Waals surface area contributed by atoms with Gasteiger partial charge in [0, 0.05) is 17.7 Å². The van der Waals surface area contributed by atoms with Crippen LogP contribution in [0.25, 0.3) is 11.3 Å². The smallest absolute Gasteiger partial charge is 0.362 e. The number of alkyl halides is 3. The molecule has 0 radical (unpaired) electrons. The molecule has 1 aliphatic rings. The fourth-order valence-corrected chi connectivity index (χ4v) is 2.47. The molecular formula is C15H12F4N4O2. The average molecular weight is 356 g/mol. The van der Waals surface area contributed by atoms with Gasteiger partial charge >= 0.3 is 6.18 Å². The standard InChI is InChI=1S/C15H12F4N4O2/c1-8-7-14(25,15(17,18)19)23(22-8)13(24)12-6-11(20-21-12)9-2-4-10(16)5-3-9/h2-6,25H,7H2,1H3,(H,20,21). The Kier molecular flexibility index (Phi) is 3.87. The van der Waals surface area contributed by atoms with Crippen LogP contribution in [-0.2, 0) is 0 Å². The summed E-state index contributed by atoms with van der Waals surface area (Å²) in [4.78, 5) is 12.4. The number of halogens is 4. The number of hydrogen-bond donors (Lipinski definition) is 2. The van der Waals surface area contributed by atoms with E-state index in [0.29, 0.717) is 5.56 Å². The molecule has 0 fully saturated rings. The van der Waals surface area contributed by atoms with Crippen LogP contribution in [0, 0.1) is 5.82 Å². The van der Waals surface area contributed by atoms with E-state index in [4.69, 9.17) is 0 Å². The average Bonchev–Trinajstić information content (AvgIpc) is 3.12. The topological polar surface area (TPSA) is 81.6 Å². The highest BCUT2D eigenvalue weighted by Crippen LogP contribution is 2.40. The van der Waals surface area contributed by atoms with E-state index < -0.39 is 30.0 Å². The molecule has 1 unspecified atom stereocenters. The predicted octanol–water partition coefficient (Wildman–Crippen LogP) is 2.69. The number of carbonyl (C=O) groups is 1. The largest absolute Gasteiger partial charge is 0.438 e. The normalized spacial score (nSPS) is 20.7. The van der Waals surface area contributed by atoms with Crippen LogP contribution < -0.4 is 0 Å². The van der Waals surface area contributed by atoms with Gasteiger partial charge in [-0.3, -0.25) is 9.89 Å². The summed E-state index contributed by atoms with van der Waals surface area (Å²) in [6.45, 7) is 1.28. The fraction of sp³-hybridized carbons (Fsp3) is 0.267. The number of aromatic amines is 1. The van der Waals surface area contributed by atoms with Crippen molar-refractivity contribution >= 4 is 11.6 Å². The Hall–Kier alpha value is -2.75. The Morgan fingerprint density at radius 3 is 2.56 bits per heavy atom. The lowest BCUT2D eigenvalue weighted by Crippen LogP contribution is -2.56. The summed E-state index contributed by atoms with van der Waals surface area (Å²) in [6.07, 6.45) is -5.91. The van der Waals surface area contributed by atoms with Gasteiger partial charge < -0.3 is 5.11 Å². The SMILES string of the molecule is CC1=NN(C(=O)c2cc(-c3ccc(F)cc3)n[nH]2)C(O)(C(F)(F)F)C1. The number of benzene rings is 1. The number of amides is 1. The van der Waals surface area contributed by atoms with Crippen molar-refractivity contribution in [1.82, 2.24) is 15.2 Å². The molecule has 1 aromatic heterocycles. The van der Waals surface area contributed by atoms with Crippen LogP contribution >= 0.6 is 0 Å². The Bertz CT molecular complexity index is 844. The highest BCUT2D eigenvalue weighted by Gasteiger charge is 2.62. The minimum atomic E-state index is -5.08. The van der Waals surface area contributed by atoms with Crippen molar-refractivity contribution in [2.45, 2.75) is 25.2 Å². The van der Waals surface area contributed by atoms with Crippen LogP contribution in [0.2, 0.25) is 0 Å². The molecule has 0 saturated carbocycles. The molecule has 132 valence electrons. The second kappa shape index (κ2) is 5.66. The van der Waals surface area contributed by atoms with E-state index in [9.17, 15) is 27.5 Å². The lowest BCUT2D eigenvalue weighted by Gasteiger charge is -2.32. The van der Waals surface area contributed by atoms with Crippen molar-refractivity contribution < 1.29 is 27.5 Å². The quantitative estimate of drug-likeness (QED) is 0.812. The predicted molar refractivity (Wildman–Crippen MR) is 78.9 cm³/mol. The molecule has 25 heavy (non-hydrogen) atoms. The molecule has 1 atom stereocenters. The van der Waals surface area contributed by atoms with Gasteiger partial charge in [-0.1, -0.05) is 0 Å². The van der Waals surface area contributed by atoms with Gasteiger partial charge in [0.25, 0.3) is 11.6 Å². The second-order valence-corrected chi connectivity index (χ2v) is 5.62. The van der Waals surface area contributed by atoms with Crippen LogP contribution in [0.1, 0.15) is 23.8 Å². The number of carbonyl (C=O) groups excluding carboxylic acids is 1. The zero-order chi connectivity index (χ0) is 18.4. The van der Waals surface area contributed by atoms with Crippen LogP contribution in [0.5, 0.6) is 0 Å². The first-order valence-corrected chi connectivity index (χ1v) is 7.11. The lowest BCUT2D eigenvalue weighted by molar-refractivity contribution is -0.297. The minimum Gasteiger partial charge on any atom is -0.362 e. The minimum absolute atomic E-state index is 0.00425. The maximum Gasteiger partial charge on any atom is 0.438 e. The van der Waals surface area contributed by atoms with Crippen LogP contribution in [0.3, 0.4) is 0 Å². The number of H-pyrrole nitrogens is 1. The van der Waals surface area contributed by atoms with Crippen molar-refractivity contribution in [3.63, 3.8) is 0 Å². The number of hydrazone groups is 1. The Morgan fingerprint density at radius 1 is 1.32 bits per heavy atom. The Labute approximate surface area is 138 Å². The van der Waals surface area contributed by atoms with Gasteiger partial charge in [-0.05, 0) is 37.3 Å². The van der Waals surface area contributed by atoms with Gasteiger partial charge in [0.15, 0.2) is 0 Å². The van der Waals surface area contributed by atoms with E-state index in [1.165, 1.54) is 37.3 Å². The number of nitrogens with one attached hydrogen (secondary N) is 1. The summed E-state index contributed by atoms with van der Waals surface area (Å²) in [5, 5.41) is 19.6. The van der Waals surface area contributed by atoms with E-state index in [1.54, 1.807) is 0 Å². The summed E-state index contributed by atoms with van der Waals surface area (Å²) in [5.74, 6) is -1.65. The molecule has 1 amide bonds. The van der Waals surface area contributed by atoms with Crippen molar-refractivity contribution in [1.29, 1.82) is 0 Å². The summed E-state index contributed by atoms with van der Waals surface area (Å²) >= 11 is 0. The maximum atomic E-state index is 13.2. The van der Waals surface area contributed by atoms with Crippen LogP contribution in [0.4, 0.5) is 17.6 Å². The molecular weight excluding hydrogens is 344 g/mol. The number of aliphatic hydroxyl groups is 1. The van der Waals surface area contributed by atoms with Crippen LogP contribution in [0.15, 0.2) is 35.4 Å². The summed E-state index contributed by atoms with van der Waals surface area (Å²) < 4.78 is 52.5. The zero-order valence-electron chi connectivity index (χ0n) is 12.8. The fourth-order valence-electron chi connectivity index (χ4n) is 2.47. The van der Waals surface area contributed by atoms with E-state index >= 15 is 0 Å². The molecule has 2 aromatic rings. The summed E-state index contributed by atoms with van der Waals surface area (Å²) in [5.41, 5.74) is -3.04. The lowest BCUT2D eigenvalue weighted by atomic mass is 10.1. The maximum absolute atomic E-state index is 13.2. The molecule has 6 nitrogen and oxygen atoms in total. The third kappa shape index (κ3) is 2.88. The van der Waals surface area contributed by atoms with Crippen LogP contribution in [-0.4, -0.2) is 43.8 Å². The van der Waals surface area contributed by atoms with Gasteiger partial charge in [-0.25, -0.2) is 4.39 Å². The van der Waals surface area contributed by atoms with Crippen molar-refractivity contribution in [3.8, 4) is 11.3 Å². The summed E-state index contributed by atoms with van der Waals surface area (Å²) in [7, 11) is 0. The number of rotatable bonds is 2. The van der Waals surface area contributed by atoms with E-state index in [-0.39, 0.29) is 22.1 Å². The highest BCUT2D eigenvalue weighted by atomic mass is 19.4. The molecule has 2 N–H and O–H groups in total. The molecule has 0 aliphatic carbocycles. The third-order valence-electron chi connectivity index (χ3n) is 3.72. The first-order valence-electron chi connectivity index (χ1n) is 7.11. The van der Waals surface area contributed by atoms with Gasteiger partial charge in [-0.2, -0.15) is 28.4 Å². The van der Waals surface area contributed by atoms with Gasteiger partial charge in [0.1, 0.15) is 11.5 Å². The first-order chi connectivity index (χ1) is 11.6. The molecule has 2 heterocycles. The molecule has 3 rings (SSSR count).